The predicted octanol–water partition coefficient (Wildman–Crippen LogP) is 4.96. The number of aromatic nitrogens is 3. The van der Waals surface area contributed by atoms with E-state index >= 15 is 0 Å². The number of benzene rings is 1. The molecule has 154 valence electrons. The Morgan fingerprint density at radius 2 is 2.03 bits per heavy atom. The number of anilines is 1. The van der Waals surface area contributed by atoms with Crippen molar-refractivity contribution in [1.29, 1.82) is 0 Å². The van der Waals surface area contributed by atoms with Gasteiger partial charge in [-0.25, -0.2) is 9.78 Å². The van der Waals surface area contributed by atoms with E-state index in [1.54, 1.807) is 30.3 Å². The number of ether oxygens (including phenoxy) is 1. The predicted molar refractivity (Wildman–Crippen MR) is 118 cm³/mol. The minimum Gasteiger partial charge on any atom is -0.410 e. The highest BCUT2D eigenvalue weighted by molar-refractivity contribution is 7.73. The van der Waals surface area contributed by atoms with Gasteiger partial charge in [0.15, 0.2) is 9.71 Å². The molecule has 4 rings (SSSR count). The second-order valence-electron chi connectivity index (χ2n) is 7.01. The number of nitrogens with one attached hydrogen (secondary N) is 2. The van der Waals surface area contributed by atoms with Crippen LogP contribution in [0.1, 0.15) is 13.8 Å². The quantitative estimate of drug-likeness (QED) is 0.423. The van der Waals surface area contributed by atoms with Gasteiger partial charge >= 0.3 is 6.09 Å². The van der Waals surface area contributed by atoms with E-state index in [0.717, 1.165) is 10.3 Å². The van der Waals surface area contributed by atoms with Gasteiger partial charge in [0, 0.05) is 12.1 Å². The fraction of sp³-hybridized carbons (Fsp3) is 0.200. The molecule has 10 heteroatoms. The summed E-state index contributed by atoms with van der Waals surface area (Å²) in [5, 5.41) is 2.24. The largest absolute Gasteiger partial charge is 0.420 e. The molecule has 0 saturated heterocycles. The number of pyridine rings is 1. The smallest absolute Gasteiger partial charge is 0.410 e. The lowest BCUT2D eigenvalue weighted by Crippen LogP contribution is -2.37. The average Bonchev–Trinajstić information content (AvgIpc) is 3.30. The first-order valence-electron chi connectivity index (χ1n) is 9.17. The van der Waals surface area contributed by atoms with Crippen molar-refractivity contribution in [1.82, 2.24) is 15.1 Å². The van der Waals surface area contributed by atoms with Crippen molar-refractivity contribution in [2.75, 3.05) is 11.4 Å². The maximum Gasteiger partial charge on any atom is 0.420 e. The van der Waals surface area contributed by atoms with Crippen LogP contribution in [0.2, 0.25) is 0 Å². The highest BCUT2D eigenvalue weighted by Gasteiger charge is 2.21. The first kappa shape index (κ1) is 20.0. The highest BCUT2D eigenvalue weighted by Crippen LogP contribution is 2.25. The van der Waals surface area contributed by atoms with Crippen LogP contribution in [0.5, 0.6) is 5.75 Å². The number of hydrogen-bond acceptors (Lipinski definition) is 7. The number of fused-ring (bicyclic) bond motifs is 1. The van der Waals surface area contributed by atoms with E-state index in [9.17, 15) is 9.59 Å². The molecule has 1 aromatic carbocycles. The summed E-state index contributed by atoms with van der Waals surface area (Å²) in [5.41, 5.74) is 1.20. The van der Waals surface area contributed by atoms with Gasteiger partial charge in [-0.2, -0.15) is 5.16 Å². The van der Waals surface area contributed by atoms with Crippen molar-refractivity contribution in [3.63, 3.8) is 0 Å². The maximum absolute atomic E-state index is 12.9. The number of aromatic amines is 2. The molecule has 0 aliphatic heterocycles. The molecular weight excluding hydrogens is 424 g/mol. The second kappa shape index (κ2) is 8.25. The third-order valence-electron chi connectivity index (χ3n) is 4.18. The van der Waals surface area contributed by atoms with Crippen LogP contribution in [-0.2, 0) is 0 Å². The fourth-order valence-electron chi connectivity index (χ4n) is 2.87. The highest BCUT2D eigenvalue weighted by atomic mass is 32.1. The molecule has 0 atom stereocenters. The van der Waals surface area contributed by atoms with Gasteiger partial charge in [-0.1, -0.05) is 25.2 Å². The van der Waals surface area contributed by atoms with Crippen molar-refractivity contribution in [2.24, 2.45) is 5.92 Å². The molecule has 1 amide bonds. The van der Waals surface area contributed by atoms with Crippen LogP contribution in [0.25, 0.3) is 21.7 Å². The molecule has 0 aliphatic rings. The monoisotopic (exact) mass is 442 g/mol. The number of thiazole rings is 1. The summed E-state index contributed by atoms with van der Waals surface area (Å²) in [4.78, 5) is 34.0. The van der Waals surface area contributed by atoms with Gasteiger partial charge in [0.2, 0.25) is 0 Å². The van der Waals surface area contributed by atoms with Crippen LogP contribution in [-0.4, -0.2) is 27.8 Å². The van der Waals surface area contributed by atoms with Crippen molar-refractivity contribution in [2.45, 2.75) is 13.8 Å². The Labute approximate surface area is 180 Å². The lowest BCUT2D eigenvalue weighted by atomic mass is 10.2. The van der Waals surface area contributed by atoms with E-state index in [1.807, 2.05) is 19.9 Å². The lowest BCUT2D eigenvalue weighted by molar-refractivity contribution is 0.206. The molecule has 0 aliphatic carbocycles. The van der Waals surface area contributed by atoms with Crippen LogP contribution in [0.4, 0.5) is 10.6 Å². The van der Waals surface area contributed by atoms with Gasteiger partial charge in [0.25, 0.3) is 5.56 Å². The van der Waals surface area contributed by atoms with Crippen molar-refractivity contribution >= 4 is 45.8 Å². The molecule has 8 nitrogen and oxygen atoms in total. The van der Waals surface area contributed by atoms with Crippen LogP contribution in [0.15, 0.2) is 51.8 Å². The van der Waals surface area contributed by atoms with Crippen LogP contribution >= 0.6 is 23.6 Å². The van der Waals surface area contributed by atoms with Gasteiger partial charge < -0.3 is 14.2 Å². The minimum absolute atomic E-state index is 0.207. The Bertz CT molecular complexity index is 1300. The van der Waals surface area contributed by atoms with E-state index in [2.05, 4.69) is 15.1 Å². The van der Waals surface area contributed by atoms with Crippen LogP contribution < -0.4 is 15.2 Å². The zero-order valence-corrected chi connectivity index (χ0v) is 17.8. The molecule has 2 N–H and O–H groups in total. The summed E-state index contributed by atoms with van der Waals surface area (Å²) in [6.45, 7) is 4.47. The normalized spacial score (nSPS) is 11.2. The molecule has 0 spiro atoms. The molecule has 3 heterocycles. The number of nitrogens with zero attached hydrogens (tertiary/aromatic N) is 2. The molecular formula is C20H18N4O4S2. The minimum atomic E-state index is -0.532. The third-order valence-corrected chi connectivity index (χ3v) is 5.33. The van der Waals surface area contributed by atoms with Gasteiger partial charge in [0.1, 0.15) is 16.4 Å². The molecule has 3 aromatic heterocycles. The average molecular weight is 443 g/mol. The zero-order chi connectivity index (χ0) is 21.3. The van der Waals surface area contributed by atoms with Crippen LogP contribution in [0.3, 0.4) is 0 Å². The Morgan fingerprint density at radius 3 is 2.70 bits per heavy atom. The van der Waals surface area contributed by atoms with E-state index in [1.165, 1.54) is 22.3 Å². The first-order valence-corrected chi connectivity index (χ1v) is 10.4. The first-order chi connectivity index (χ1) is 14.4. The number of H-pyrrole nitrogens is 2. The van der Waals surface area contributed by atoms with E-state index in [4.69, 9.17) is 21.5 Å². The Kier molecular flexibility index (Phi) is 5.51. The number of carbonyl (C=O) groups is 1. The fourth-order valence-corrected chi connectivity index (χ4v) is 3.92. The number of hydrogen-bond donors (Lipinski definition) is 2. The topological polar surface area (TPSA) is 104 Å². The Hall–Kier alpha value is -3.24. The number of amides is 1. The van der Waals surface area contributed by atoms with E-state index < -0.39 is 6.09 Å². The molecule has 0 saturated carbocycles. The van der Waals surface area contributed by atoms with Crippen molar-refractivity contribution in [3.05, 3.63) is 56.8 Å². The standard InChI is InChI=1S/C20H18N4O4S2/c1-11(2)10-24(16-8-7-14-18(22-16)30-19(29)21-14)20(26)27-13-5-3-12(4-6-13)15-9-17(25)23-28-15/h3-9,11H,10H2,1-2H3,(H,21,29)(H,23,25). The SMILES string of the molecule is CC(C)CN(C(=O)Oc1ccc(-c2cc(=O)[nH]o2)cc1)c1ccc2[nH]c(=S)sc2n1. The molecule has 4 aromatic rings. The Balaban J connectivity index is 1.57. The Morgan fingerprint density at radius 1 is 1.27 bits per heavy atom. The third kappa shape index (κ3) is 4.34. The van der Waals surface area contributed by atoms with Gasteiger partial charge in [-0.15, -0.1) is 0 Å². The maximum atomic E-state index is 12.9. The molecule has 30 heavy (non-hydrogen) atoms. The molecule has 0 radical (unpaired) electrons. The van der Waals surface area contributed by atoms with Crippen molar-refractivity contribution < 1.29 is 14.1 Å². The summed E-state index contributed by atoms with van der Waals surface area (Å²) < 4.78 is 11.3. The molecule has 0 fully saturated rings. The summed E-state index contributed by atoms with van der Waals surface area (Å²) in [7, 11) is 0. The number of carbonyl (C=O) groups excluding carboxylic acids is 1. The van der Waals surface area contributed by atoms with E-state index in [0.29, 0.717) is 33.4 Å². The van der Waals surface area contributed by atoms with Gasteiger partial charge in [-0.05, 0) is 54.5 Å². The van der Waals surface area contributed by atoms with E-state index in [-0.39, 0.29) is 11.5 Å². The van der Waals surface area contributed by atoms with Crippen LogP contribution in [0, 0.1) is 9.87 Å². The summed E-state index contributed by atoms with van der Waals surface area (Å²) in [6, 6.07) is 11.7. The molecule has 0 unspecified atom stereocenters. The number of rotatable bonds is 5. The molecule has 0 bridgehead atoms. The van der Waals surface area contributed by atoms with Gasteiger partial charge in [0.05, 0.1) is 11.6 Å². The summed E-state index contributed by atoms with van der Waals surface area (Å²) in [5.74, 6) is 1.48. The summed E-state index contributed by atoms with van der Waals surface area (Å²) in [6.07, 6.45) is -0.532. The summed E-state index contributed by atoms with van der Waals surface area (Å²) >= 11 is 6.52. The second-order valence-corrected chi connectivity index (χ2v) is 8.68. The van der Waals surface area contributed by atoms with Gasteiger partial charge in [-0.3, -0.25) is 9.69 Å². The lowest BCUT2D eigenvalue weighted by Gasteiger charge is -2.23. The van der Waals surface area contributed by atoms with Crippen molar-refractivity contribution in [3.8, 4) is 17.1 Å². The zero-order valence-electron chi connectivity index (χ0n) is 16.2.